The summed E-state index contributed by atoms with van der Waals surface area (Å²) >= 11 is 0. The fourth-order valence-electron chi connectivity index (χ4n) is 3.19. The van der Waals surface area contributed by atoms with Crippen LogP contribution in [0.2, 0.25) is 0 Å². The van der Waals surface area contributed by atoms with Gasteiger partial charge in [-0.1, -0.05) is 60.7 Å². The van der Waals surface area contributed by atoms with Crippen molar-refractivity contribution in [1.82, 2.24) is 10.2 Å². The SMILES string of the molecule is CNC1CN(Cc2ccccc2)CC1c1ccccc1. The third-order valence-electron chi connectivity index (χ3n) is 4.24. The molecule has 2 aromatic carbocycles. The molecule has 1 N–H and O–H groups in total. The van der Waals surface area contributed by atoms with Crippen LogP contribution >= 0.6 is 0 Å². The number of hydrogen-bond donors (Lipinski definition) is 1. The molecule has 2 heteroatoms. The van der Waals surface area contributed by atoms with Gasteiger partial charge in [0, 0.05) is 31.6 Å². The smallest absolute Gasteiger partial charge is 0.0273 e. The first-order valence-electron chi connectivity index (χ1n) is 7.35. The van der Waals surface area contributed by atoms with E-state index in [2.05, 4.69) is 77.9 Å². The lowest BCUT2D eigenvalue weighted by molar-refractivity contribution is 0.320. The van der Waals surface area contributed by atoms with E-state index in [0.717, 1.165) is 19.6 Å². The Morgan fingerprint density at radius 2 is 1.60 bits per heavy atom. The summed E-state index contributed by atoms with van der Waals surface area (Å²) < 4.78 is 0. The highest BCUT2D eigenvalue weighted by Gasteiger charge is 2.32. The summed E-state index contributed by atoms with van der Waals surface area (Å²) in [5.74, 6) is 0.588. The van der Waals surface area contributed by atoms with E-state index in [4.69, 9.17) is 0 Å². The normalized spacial score (nSPS) is 23.1. The summed E-state index contributed by atoms with van der Waals surface area (Å²) in [5, 5.41) is 3.49. The Bertz CT molecular complexity index is 524. The second kappa shape index (κ2) is 6.21. The van der Waals surface area contributed by atoms with Crippen LogP contribution in [-0.4, -0.2) is 31.1 Å². The molecule has 0 amide bonds. The van der Waals surface area contributed by atoms with Crippen molar-refractivity contribution in [3.63, 3.8) is 0 Å². The molecule has 1 aliphatic heterocycles. The first-order chi connectivity index (χ1) is 9.86. The fraction of sp³-hybridized carbons (Fsp3) is 0.333. The van der Waals surface area contributed by atoms with Crippen LogP contribution in [0, 0.1) is 0 Å². The molecule has 0 aliphatic carbocycles. The first-order valence-corrected chi connectivity index (χ1v) is 7.35. The van der Waals surface area contributed by atoms with Crippen molar-refractivity contribution >= 4 is 0 Å². The Balaban J connectivity index is 1.71. The van der Waals surface area contributed by atoms with E-state index in [1.54, 1.807) is 0 Å². The molecule has 1 saturated heterocycles. The number of likely N-dealkylation sites (N-methyl/N-ethyl adjacent to an activating group) is 1. The molecular formula is C18H22N2. The van der Waals surface area contributed by atoms with Gasteiger partial charge in [0.2, 0.25) is 0 Å². The molecule has 1 aliphatic rings. The zero-order chi connectivity index (χ0) is 13.8. The molecule has 2 aromatic rings. The van der Waals surface area contributed by atoms with Crippen molar-refractivity contribution in [2.75, 3.05) is 20.1 Å². The molecule has 2 unspecified atom stereocenters. The maximum Gasteiger partial charge on any atom is 0.0273 e. The Kier molecular flexibility index (Phi) is 4.14. The summed E-state index contributed by atoms with van der Waals surface area (Å²) in [7, 11) is 2.08. The summed E-state index contributed by atoms with van der Waals surface area (Å²) in [6, 6.07) is 22.2. The lowest BCUT2D eigenvalue weighted by Gasteiger charge is -2.17. The van der Waals surface area contributed by atoms with Gasteiger partial charge >= 0.3 is 0 Å². The minimum atomic E-state index is 0.543. The highest BCUT2D eigenvalue weighted by Crippen LogP contribution is 2.28. The van der Waals surface area contributed by atoms with Crippen molar-refractivity contribution in [2.24, 2.45) is 0 Å². The number of rotatable bonds is 4. The summed E-state index contributed by atoms with van der Waals surface area (Å²) in [6.45, 7) is 3.29. The predicted octanol–water partition coefficient (Wildman–Crippen LogP) is 2.87. The highest BCUT2D eigenvalue weighted by molar-refractivity contribution is 5.24. The van der Waals surface area contributed by atoms with E-state index >= 15 is 0 Å². The number of hydrogen-bond acceptors (Lipinski definition) is 2. The molecule has 3 rings (SSSR count). The molecule has 0 saturated carbocycles. The van der Waals surface area contributed by atoms with Crippen LogP contribution in [0.4, 0.5) is 0 Å². The molecule has 1 fully saturated rings. The molecule has 0 spiro atoms. The summed E-state index contributed by atoms with van der Waals surface area (Å²) in [4.78, 5) is 2.55. The third kappa shape index (κ3) is 2.92. The molecule has 0 radical (unpaired) electrons. The first kappa shape index (κ1) is 13.3. The van der Waals surface area contributed by atoms with Gasteiger partial charge in [-0.3, -0.25) is 4.90 Å². The van der Waals surface area contributed by atoms with Gasteiger partial charge in [0.25, 0.3) is 0 Å². The lowest BCUT2D eigenvalue weighted by Crippen LogP contribution is -2.32. The maximum absolute atomic E-state index is 3.49. The van der Waals surface area contributed by atoms with Crippen LogP contribution in [0.1, 0.15) is 17.0 Å². The van der Waals surface area contributed by atoms with Gasteiger partial charge < -0.3 is 5.32 Å². The van der Waals surface area contributed by atoms with Crippen molar-refractivity contribution in [3.8, 4) is 0 Å². The second-order valence-electron chi connectivity index (χ2n) is 5.59. The van der Waals surface area contributed by atoms with Gasteiger partial charge in [0.15, 0.2) is 0 Å². The lowest BCUT2D eigenvalue weighted by atomic mass is 9.94. The predicted molar refractivity (Wildman–Crippen MR) is 83.7 cm³/mol. The number of nitrogens with one attached hydrogen (secondary N) is 1. The van der Waals surface area contributed by atoms with Crippen LogP contribution in [0.3, 0.4) is 0 Å². The largest absolute Gasteiger partial charge is 0.315 e. The Hall–Kier alpha value is -1.64. The number of likely N-dealkylation sites (tertiary alicyclic amines) is 1. The van der Waals surface area contributed by atoms with Gasteiger partial charge in [0.05, 0.1) is 0 Å². The van der Waals surface area contributed by atoms with E-state index in [9.17, 15) is 0 Å². The third-order valence-corrected chi connectivity index (χ3v) is 4.24. The molecular weight excluding hydrogens is 244 g/mol. The van der Waals surface area contributed by atoms with Crippen LogP contribution < -0.4 is 5.32 Å². The van der Waals surface area contributed by atoms with Crippen LogP contribution in [-0.2, 0) is 6.54 Å². The maximum atomic E-state index is 3.49. The highest BCUT2D eigenvalue weighted by atomic mass is 15.2. The molecule has 0 aromatic heterocycles. The van der Waals surface area contributed by atoms with Gasteiger partial charge in [-0.2, -0.15) is 0 Å². The Morgan fingerprint density at radius 1 is 0.950 bits per heavy atom. The molecule has 20 heavy (non-hydrogen) atoms. The number of benzene rings is 2. The van der Waals surface area contributed by atoms with Crippen LogP contribution in [0.15, 0.2) is 60.7 Å². The summed E-state index contributed by atoms with van der Waals surface area (Å²) in [6.07, 6.45) is 0. The van der Waals surface area contributed by atoms with Crippen molar-refractivity contribution in [2.45, 2.75) is 18.5 Å². The molecule has 2 atom stereocenters. The van der Waals surface area contributed by atoms with E-state index in [0.29, 0.717) is 12.0 Å². The van der Waals surface area contributed by atoms with E-state index in [-0.39, 0.29) is 0 Å². The van der Waals surface area contributed by atoms with Gasteiger partial charge in [0.1, 0.15) is 0 Å². The van der Waals surface area contributed by atoms with E-state index < -0.39 is 0 Å². The molecule has 0 bridgehead atoms. The fourth-order valence-corrected chi connectivity index (χ4v) is 3.19. The monoisotopic (exact) mass is 266 g/mol. The summed E-state index contributed by atoms with van der Waals surface area (Å²) in [5.41, 5.74) is 2.85. The standard InChI is InChI=1S/C18H22N2/c1-19-18-14-20(12-15-8-4-2-5-9-15)13-17(18)16-10-6-3-7-11-16/h2-11,17-19H,12-14H2,1H3. The molecule has 1 heterocycles. The minimum absolute atomic E-state index is 0.543. The number of nitrogens with zero attached hydrogens (tertiary/aromatic N) is 1. The van der Waals surface area contributed by atoms with Crippen LogP contribution in [0.5, 0.6) is 0 Å². The quantitative estimate of drug-likeness (QED) is 0.915. The zero-order valence-electron chi connectivity index (χ0n) is 12.0. The van der Waals surface area contributed by atoms with Crippen LogP contribution in [0.25, 0.3) is 0 Å². The van der Waals surface area contributed by atoms with E-state index in [1.807, 2.05) is 0 Å². The average Bonchev–Trinajstić information content (AvgIpc) is 2.92. The molecule has 2 nitrogen and oxygen atoms in total. The van der Waals surface area contributed by atoms with Gasteiger partial charge in [-0.25, -0.2) is 0 Å². The minimum Gasteiger partial charge on any atom is -0.315 e. The van der Waals surface area contributed by atoms with E-state index in [1.165, 1.54) is 11.1 Å². The van der Waals surface area contributed by atoms with Gasteiger partial charge in [-0.05, 0) is 18.2 Å². The Labute approximate surface area is 121 Å². The second-order valence-corrected chi connectivity index (χ2v) is 5.59. The van der Waals surface area contributed by atoms with Crippen molar-refractivity contribution < 1.29 is 0 Å². The Morgan fingerprint density at radius 3 is 2.25 bits per heavy atom. The van der Waals surface area contributed by atoms with Crippen molar-refractivity contribution in [3.05, 3.63) is 71.8 Å². The average molecular weight is 266 g/mol. The molecule has 104 valence electrons. The van der Waals surface area contributed by atoms with Crippen molar-refractivity contribution in [1.29, 1.82) is 0 Å². The topological polar surface area (TPSA) is 15.3 Å². The zero-order valence-corrected chi connectivity index (χ0v) is 12.0. The van der Waals surface area contributed by atoms with Gasteiger partial charge in [-0.15, -0.1) is 0 Å².